The molecule has 3 aromatic rings. The first-order chi connectivity index (χ1) is 12.9. The van der Waals surface area contributed by atoms with Gasteiger partial charge < -0.3 is 9.88 Å². The molecular formula is C18H22N6O3. The van der Waals surface area contributed by atoms with Crippen molar-refractivity contribution in [2.75, 3.05) is 6.54 Å². The van der Waals surface area contributed by atoms with Gasteiger partial charge in [-0.05, 0) is 24.6 Å². The third-order valence-corrected chi connectivity index (χ3v) is 4.58. The van der Waals surface area contributed by atoms with Gasteiger partial charge in [0.05, 0.1) is 0 Å². The molecule has 0 aliphatic heterocycles. The van der Waals surface area contributed by atoms with E-state index < -0.39 is 11.2 Å². The molecule has 142 valence electrons. The van der Waals surface area contributed by atoms with E-state index in [1.165, 1.54) is 11.6 Å². The molecule has 0 aliphatic carbocycles. The number of carbonyl (C=O) groups is 1. The van der Waals surface area contributed by atoms with Gasteiger partial charge in [0.25, 0.3) is 5.56 Å². The number of nitrogens with zero attached hydrogens (tertiary/aromatic N) is 5. The summed E-state index contributed by atoms with van der Waals surface area (Å²) in [6, 6.07) is 3.76. The van der Waals surface area contributed by atoms with E-state index in [0.29, 0.717) is 31.0 Å². The standard InChI is InChI=1S/C18H22N6O3/c1-4-24(11-12-7-9-19-10-8-12)14(25)6-5-13-20-15-16(21-13)22(2)18(27)23(3)17(15)26/h7-10H,4-6,11H2,1-3H3,(H,20,21). The van der Waals surface area contributed by atoms with Crippen LogP contribution in [-0.2, 0) is 31.9 Å². The van der Waals surface area contributed by atoms with Crippen LogP contribution in [0.2, 0.25) is 0 Å². The van der Waals surface area contributed by atoms with Crippen molar-refractivity contribution in [2.45, 2.75) is 26.3 Å². The van der Waals surface area contributed by atoms with Crippen molar-refractivity contribution in [3.63, 3.8) is 0 Å². The molecular weight excluding hydrogens is 348 g/mol. The number of fused-ring (bicyclic) bond motifs is 1. The van der Waals surface area contributed by atoms with E-state index in [4.69, 9.17) is 0 Å². The van der Waals surface area contributed by atoms with E-state index in [2.05, 4.69) is 15.0 Å². The number of rotatable bonds is 6. The molecule has 3 aromatic heterocycles. The highest BCUT2D eigenvalue weighted by Crippen LogP contribution is 2.09. The summed E-state index contributed by atoms with van der Waals surface area (Å²) >= 11 is 0. The highest BCUT2D eigenvalue weighted by molar-refractivity contribution is 5.76. The molecule has 0 spiro atoms. The van der Waals surface area contributed by atoms with Crippen LogP contribution in [-0.4, -0.2) is 41.4 Å². The average molecular weight is 370 g/mol. The van der Waals surface area contributed by atoms with E-state index >= 15 is 0 Å². The Bertz CT molecular complexity index is 1080. The number of H-pyrrole nitrogens is 1. The summed E-state index contributed by atoms with van der Waals surface area (Å²) in [6.45, 7) is 3.04. The molecule has 0 radical (unpaired) electrons. The van der Waals surface area contributed by atoms with E-state index in [0.717, 1.165) is 10.1 Å². The van der Waals surface area contributed by atoms with Crippen molar-refractivity contribution < 1.29 is 4.79 Å². The zero-order chi connectivity index (χ0) is 19.6. The summed E-state index contributed by atoms with van der Waals surface area (Å²) in [5.41, 5.74) is 0.727. The normalized spacial score (nSPS) is 11.1. The fourth-order valence-electron chi connectivity index (χ4n) is 2.96. The molecule has 3 rings (SSSR count). The fraction of sp³-hybridized carbons (Fsp3) is 0.389. The van der Waals surface area contributed by atoms with Crippen LogP contribution in [0.25, 0.3) is 11.2 Å². The number of hydrogen-bond donors (Lipinski definition) is 1. The molecule has 9 heteroatoms. The Morgan fingerprint density at radius 1 is 1.19 bits per heavy atom. The quantitative estimate of drug-likeness (QED) is 0.673. The summed E-state index contributed by atoms with van der Waals surface area (Å²) in [5, 5.41) is 0. The molecule has 1 amide bonds. The minimum absolute atomic E-state index is 0.00319. The molecule has 0 bridgehead atoms. The molecule has 3 heterocycles. The Balaban J connectivity index is 1.75. The van der Waals surface area contributed by atoms with Gasteiger partial charge in [-0.3, -0.25) is 23.7 Å². The maximum Gasteiger partial charge on any atom is 0.332 e. The first kappa shape index (κ1) is 18.6. The maximum atomic E-state index is 12.6. The van der Waals surface area contributed by atoms with Crippen LogP contribution >= 0.6 is 0 Å². The van der Waals surface area contributed by atoms with E-state index in [1.807, 2.05) is 19.1 Å². The third-order valence-electron chi connectivity index (χ3n) is 4.58. The molecule has 27 heavy (non-hydrogen) atoms. The van der Waals surface area contributed by atoms with Crippen LogP contribution in [0.3, 0.4) is 0 Å². The minimum Gasteiger partial charge on any atom is -0.339 e. The Hall–Kier alpha value is -3.23. The molecule has 0 atom stereocenters. The Morgan fingerprint density at radius 2 is 1.89 bits per heavy atom. The number of imidazole rings is 1. The molecule has 9 nitrogen and oxygen atoms in total. The molecule has 0 saturated heterocycles. The molecule has 0 aliphatic rings. The van der Waals surface area contributed by atoms with Crippen molar-refractivity contribution >= 4 is 17.1 Å². The van der Waals surface area contributed by atoms with Crippen molar-refractivity contribution in [1.29, 1.82) is 0 Å². The van der Waals surface area contributed by atoms with E-state index in [1.54, 1.807) is 24.3 Å². The largest absolute Gasteiger partial charge is 0.339 e. The lowest BCUT2D eigenvalue weighted by atomic mass is 10.2. The summed E-state index contributed by atoms with van der Waals surface area (Å²) < 4.78 is 2.35. The lowest BCUT2D eigenvalue weighted by Crippen LogP contribution is -2.36. The van der Waals surface area contributed by atoms with Crippen LogP contribution < -0.4 is 11.2 Å². The molecule has 0 fully saturated rings. The Labute approximate surface area is 155 Å². The summed E-state index contributed by atoms with van der Waals surface area (Å²) in [7, 11) is 2.99. The number of amides is 1. The first-order valence-electron chi connectivity index (χ1n) is 8.73. The van der Waals surface area contributed by atoms with Crippen molar-refractivity contribution in [3.05, 3.63) is 56.8 Å². The second kappa shape index (κ2) is 7.56. The minimum atomic E-state index is -0.434. The topological polar surface area (TPSA) is 106 Å². The summed E-state index contributed by atoms with van der Waals surface area (Å²) in [4.78, 5) is 49.8. The number of hydrogen-bond acceptors (Lipinski definition) is 5. The third kappa shape index (κ3) is 3.67. The zero-order valence-electron chi connectivity index (χ0n) is 15.6. The first-order valence-corrected chi connectivity index (χ1v) is 8.73. The number of aryl methyl sites for hydroxylation is 2. The van der Waals surface area contributed by atoms with Crippen molar-refractivity contribution in [1.82, 2.24) is 29.0 Å². The second-order valence-electron chi connectivity index (χ2n) is 6.35. The van der Waals surface area contributed by atoms with Gasteiger partial charge in [-0.15, -0.1) is 0 Å². The average Bonchev–Trinajstić information content (AvgIpc) is 3.12. The van der Waals surface area contributed by atoms with Gasteiger partial charge in [-0.2, -0.15) is 0 Å². The summed E-state index contributed by atoms with van der Waals surface area (Å²) in [5.74, 6) is 0.508. The molecule has 0 saturated carbocycles. The van der Waals surface area contributed by atoms with Crippen LogP contribution in [0.4, 0.5) is 0 Å². The number of aromatic amines is 1. The Kier molecular flexibility index (Phi) is 5.20. The lowest BCUT2D eigenvalue weighted by Gasteiger charge is -2.20. The highest BCUT2D eigenvalue weighted by Gasteiger charge is 2.16. The number of aromatic nitrogens is 5. The predicted molar refractivity (Wildman–Crippen MR) is 100 cm³/mol. The maximum absolute atomic E-state index is 12.6. The van der Waals surface area contributed by atoms with Crippen molar-refractivity contribution in [2.24, 2.45) is 14.1 Å². The van der Waals surface area contributed by atoms with Gasteiger partial charge >= 0.3 is 5.69 Å². The lowest BCUT2D eigenvalue weighted by molar-refractivity contribution is -0.131. The highest BCUT2D eigenvalue weighted by atomic mass is 16.2. The molecule has 0 aromatic carbocycles. The van der Waals surface area contributed by atoms with Gasteiger partial charge in [0.15, 0.2) is 5.65 Å². The van der Waals surface area contributed by atoms with Gasteiger partial charge in [0, 0.05) is 52.4 Å². The van der Waals surface area contributed by atoms with Crippen LogP contribution in [0.5, 0.6) is 0 Å². The van der Waals surface area contributed by atoms with Gasteiger partial charge in [0.2, 0.25) is 5.91 Å². The second-order valence-corrected chi connectivity index (χ2v) is 6.35. The number of pyridine rings is 1. The predicted octanol–water partition coefficient (Wildman–Crippen LogP) is 0.337. The van der Waals surface area contributed by atoms with Gasteiger partial charge in [0.1, 0.15) is 11.3 Å². The van der Waals surface area contributed by atoms with E-state index in [9.17, 15) is 14.4 Å². The van der Waals surface area contributed by atoms with Crippen LogP contribution in [0, 0.1) is 0 Å². The SMILES string of the molecule is CCN(Cc1ccncc1)C(=O)CCc1nc2c([nH]1)c(=O)n(C)c(=O)n2C. The number of carbonyl (C=O) groups excluding carboxylic acids is 1. The van der Waals surface area contributed by atoms with Crippen LogP contribution in [0.1, 0.15) is 24.7 Å². The number of nitrogens with one attached hydrogen (secondary N) is 1. The molecule has 0 unspecified atom stereocenters. The summed E-state index contributed by atoms with van der Waals surface area (Å²) in [6.07, 6.45) is 4.02. The smallest absolute Gasteiger partial charge is 0.332 e. The fourth-order valence-corrected chi connectivity index (χ4v) is 2.96. The van der Waals surface area contributed by atoms with Crippen molar-refractivity contribution in [3.8, 4) is 0 Å². The molecule has 1 N–H and O–H groups in total. The van der Waals surface area contributed by atoms with E-state index in [-0.39, 0.29) is 17.8 Å². The Morgan fingerprint density at radius 3 is 2.56 bits per heavy atom. The van der Waals surface area contributed by atoms with Crippen LogP contribution in [0.15, 0.2) is 34.1 Å². The van der Waals surface area contributed by atoms with Gasteiger partial charge in [-0.25, -0.2) is 9.78 Å². The van der Waals surface area contributed by atoms with Gasteiger partial charge in [-0.1, -0.05) is 0 Å². The zero-order valence-corrected chi connectivity index (χ0v) is 15.6. The monoisotopic (exact) mass is 370 g/mol.